The van der Waals surface area contributed by atoms with E-state index in [1.54, 1.807) is 72.8 Å². The predicted molar refractivity (Wildman–Crippen MR) is 108 cm³/mol. The van der Waals surface area contributed by atoms with Gasteiger partial charge in [0.2, 0.25) is 0 Å². The van der Waals surface area contributed by atoms with Crippen LogP contribution in [0.1, 0.15) is 21.7 Å². The first-order valence-corrected chi connectivity index (χ1v) is 9.20. The Morgan fingerprint density at radius 1 is 0.933 bits per heavy atom. The Hall–Kier alpha value is -4.13. The van der Waals surface area contributed by atoms with E-state index < -0.39 is 23.8 Å². The Morgan fingerprint density at radius 2 is 1.60 bits per heavy atom. The Kier molecular flexibility index (Phi) is 6.78. The molecule has 0 unspecified atom stereocenters. The summed E-state index contributed by atoms with van der Waals surface area (Å²) in [6.45, 7) is 0. The normalized spacial score (nSPS) is 12.1. The topological polar surface area (TPSA) is 111 Å². The number of carboxylic acid groups (broad SMARTS) is 1. The van der Waals surface area contributed by atoms with E-state index in [0.29, 0.717) is 11.3 Å². The summed E-state index contributed by atoms with van der Waals surface area (Å²) in [4.78, 5) is 36.9. The van der Waals surface area contributed by atoms with Gasteiger partial charge in [-0.25, -0.2) is 0 Å². The molecule has 3 rings (SSSR count). The molecular weight excluding hydrogens is 384 g/mol. The number of furan rings is 1. The molecule has 1 aromatic heterocycles. The van der Waals surface area contributed by atoms with Gasteiger partial charge >= 0.3 is 0 Å². The maximum Gasteiger partial charge on any atom is 0.268 e. The summed E-state index contributed by atoms with van der Waals surface area (Å²) in [5, 5.41) is 16.5. The van der Waals surface area contributed by atoms with Crippen molar-refractivity contribution in [3.8, 4) is 0 Å². The zero-order valence-corrected chi connectivity index (χ0v) is 15.9. The van der Waals surface area contributed by atoms with Crippen molar-refractivity contribution in [3.63, 3.8) is 0 Å². The maximum atomic E-state index is 12.8. The van der Waals surface area contributed by atoms with Crippen LogP contribution < -0.4 is 15.7 Å². The molecule has 30 heavy (non-hydrogen) atoms. The van der Waals surface area contributed by atoms with Crippen LogP contribution in [0.3, 0.4) is 0 Å². The highest BCUT2D eigenvalue weighted by Gasteiger charge is 2.20. The lowest BCUT2D eigenvalue weighted by molar-refractivity contribution is -0.308. The number of carboxylic acids is 1. The van der Waals surface area contributed by atoms with E-state index in [2.05, 4.69) is 10.6 Å². The van der Waals surface area contributed by atoms with Crippen molar-refractivity contribution in [1.82, 2.24) is 10.6 Å². The van der Waals surface area contributed by atoms with Crippen molar-refractivity contribution in [3.05, 3.63) is 102 Å². The molecule has 2 amide bonds. The summed E-state index contributed by atoms with van der Waals surface area (Å²) in [5.74, 6) is -2.40. The average molecular weight is 403 g/mol. The number of carbonyl (C=O) groups excluding carboxylic acids is 3. The molecular formula is C23H19N2O5-. The highest BCUT2D eigenvalue weighted by atomic mass is 16.4. The van der Waals surface area contributed by atoms with Gasteiger partial charge in [-0.05, 0) is 36.2 Å². The number of carbonyl (C=O) groups is 3. The molecule has 1 atom stereocenters. The van der Waals surface area contributed by atoms with E-state index in [1.165, 1.54) is 12.3 Å². The third kappa shape index (κ3) is 5.68. The van der Waals surface area contributed by atoms with Gasteiger partial charge in [0.25, 0.3) is 11.8 Å². The van der Waals surface area contributed by atoms with E-state index in [1.807, 2.05) is 0 Å². The van der Waals surface area contributed by atoms with Gasteiger partial charge in [0.15, 0.2) is 0 Å². The van der Waals surface area contributed by atoms with Crippen LogP contribution in [0, 0.1) is 0 Å². The van der Waals surface area contributed by atoms with E-state index in [4.69, 9.17) is 4.42 Å². The second-order valence-corrected chi connectivity index (χ2v) is 6.43. The van der Waals surface area contributed by atoms with Gasteiger partial charge in [-0.2, -0.15) is 0 Å². The minimum Gasteiger partial charge on any atom is -0.548 e. The van der Waals surface area contributed by atoms with Crippen molar-refractivity contribution in [2.24, 2.45) is 0 Å². The van der Waals surface area contributed by atoms with Crippen LogP contribution in [-0.4, -0.2) is 23.8 Å². The summed E-state index contributed by atoms with van der Waals surface area (Å²) in [5.41, 5.74) is 0.909. The molecule has 0 saturated carbocycles. The second kappa shape index (κ2) is 9.88. The number of aliphatic carboxylic acids is 1. The fraction of sp³-hybridized carbons (Fsp3) is 0.0870. The summed E-state index contributed by atoms with van der Waals surface area (Å²) in [6.07, 6.45) is 2.78. The number of hydrogen-bond donors (Lipinski definition) is 2. The molecule has 0 spiro atoms. The van der Waals surface area contributed by atoms with Crippen LogP contribution >= 0.6 is 0 Å². The van der Waals surface area contributed by atoms with Gasteiger partial charge in [-0.1, -0.05) is 48.5 Å². The van der Waals surface area contributed by atoms with Crippen LogP contribution in [0.25, 0.3) is 6.08 Å². The van der Waals surface area contributed by atoms with Gasteiger partial charge in [0.05, 0.1) is 18.3 Å². The van der Waals surface area contributed by atoms with Gasteiger partial charge < -0.3 is 25.0 Å². The van der Waals surface area contributed by atoms with E-state index in [9.17, 15) is 19.5 Å². The molecule has 0 saturated heterocycles. The molecule has 7 nitrogen and oxygen atoms in total. The molecule has 3 aromatic rings. The summed E-state index contributed by atoms with van der Waals surface area (Å²) >= 11 is 0. The minimum atomic E-state index is -1.43. The first-order valence-electron chi connectivity index (χ1n) is 9.20. The number of rotatable bonds is 8. The van der Waals surface area contributed by atoms with Gasteiger partial charge in [0, 0.05) is 11.6 Å². The Labute approximate surface area is 173 Å². The number of amides is 2. The van der Waals surface area contributed by atoms with E-state index >= 15 is 0 Å². The van der Waals surface area contributed by atoms with Crippen molar-refractivity contribution in [2.75, 3.05) is 0 Å². The quantitative estimate of drug-likeness (QED) is 0.554. The molecule has 152 valence electrons. The van der Waals surface area contributed by atoms with Crippen molar-refractivity contribution >= 4 is 23.9 Å². The molecule has 2 N–H and O–H groups in total. The molecule has 0 bridgehead atoms. The Bertz CT molecular complexity index is 1030. The van der Waals surface area contributed by atoms with Crippen molar-refractivity contribution in [2.45, 2.75) is 12.5 Å². The van der Waals surface area contributed by atoms with Crippen molar-refractivity contribution in [1.29, 1.82) is 0 Å². The molecule has 0 aliphatic heterocycles. The van der Waals surface area contributed by atoms with E-state index in [0.717, 1.165) is 5.56 Å². The number of nitrogens with one attached hydrogen (secondary N) is 2. The van der Waals surface area contributed by atoms with Crippen LogP contribution in [0.15, 0.2) is 89.2 Å². The lowest BCUT2D eigenvalue weighted by atomic mass is 10.1. The zero-order valence-electron chi connectivity index (χ0n) is 15.9. The van der Waals surface area contributed by atoms with Gasteiger partial charge in [-0.3, -0.25) is 9.59 Å². The summed E-state index contributed by atoms with van der Waals surface area (Å²) in [6, 6.07) is 19.1. The third-order valence-electron chi connectivity index (χ3n) is 4.23. The highest BCUT2D eigenvalue weighted by molar-refractivity contribution is 6.05. The fourth-order valence-corrected chi connectivity index (χ4v) is 2.74. The predicted octanol–water partition coefficient (Wildman–Crippen LogP) is 1.53. The van der Waals surface area contributed by atoms with E-state index in [-0.39, 0.29) is 12.1 Å². The average Bonchev–Trinajstić information content (AvgIpc) is 3.27. The lowest BCUT2D eigenvalue weighted by Gasteiger charge is -2.21. The molecule has 1 heterocycles. The fourth-order valence-electron chi connectivity index (χ4n) is 2.74. The molecule has 0 aliphatic rings. The van der Waals surface area contributed by atoms with Crippen molar-refractivity contribution < 1.29 is 23.9 Å². The Balaban J connectivity index is 1.80. The zero-order chi connectivity index (χ0) is 21.3. The molecule has 7 heteroatoms. The number of hydrogen-bond acceptors (Lipinski definition) is 5. The monoisotopic (exact) mass is 403 g/mol. The maximum absolute atomic E-state index is 12.8. The smallest absolute Gasteiger partial charge is 0.268 e. The highest BCUT2D eigenvalue weighted by Crippen LogP contribution is 2.09. The van der Waals surface area contributed by atoms with Crippen LogP contribution in [-0.2, 0) is 16.0 Å². The van der Waals surface area contributed by atoms with Crippen LogP contribution in [0.4, 0.5) is 0 Å². The number of benzene rings is 2. The van der Waals surface area contributed by atoms with Crippen LogP contribution in [0.2, 0.25) is 0 Å². The largest absolute Gasteiger partial charge is 0.548 e. The second-order valence-electron chi connectivity index (χ2n) is 6.43. The molecule has 0 aliphatic carbocycles. The lowest BCUT2D eigenvalue weighted by Crippen LogP contribution is -2.50. The summed E-state index contributed by atoms with van der Waals surface area (Å²) in [7, 11) is 0. The van der Waals surface area contributed by atoms with Gasteiger partial charge in [-0.15, -0.1) is 0 Å². The standard InChI is InChI=1S/C23H20N2O5/c26-21(17-10-5-2-6-11-17)24-19(15-18-12-7-13-30-18)22(27)25-20(23(28)29)14-16-8-3-1-4-9-16/h1-13,15,20H,14H2,(H,24,26)(H,25,27)(H,28,29)/p-1/b19-15+/t20-/m0/s1. The first-order chi connectivity index (χ1) is 14.5. The Morgan fingerprint density at radius 3 is 2.20 bits per heavy atom. The molecule has 2 aromatic carbocycles. The molecule has 0 radical (unpaired) electrons. The molecule has 0 fully saturated rings. The minimum absolute atomic E-state index is 0.0373. The SMILES string of the molecule is O=C(N[C@@H](Cc1ccccc1)C(=O)[O-])/C(=C\c1ccco1)NC(=O)c1ccccc1. The first kappa shape index (κ1) is 20.6. The van der Waals surface area contributed by atoms with Crippen LogP contribution in [0.5, 0.6) is 0 Å². The summed E-state index contributed by atoms with van der Waals surface area (Å²) < 4.78 is 5.21. The van der Waals surface area contributed by atoms with Gasteiger partial charge in [0.1, 0.15) is 11.5 Å². The third-order valence-corrected chi connectivity index (χ3v) is 4.23.